The Labute approximate surface area is 67.6 Å². The molecule has 35 valence electrons. The summed E-state index contributed by atoms with van der Waals surface area (Å²) in [6.07, 6.45) is 3.27. The summed E-state index contributed by atoms with van der Waals surface area (Å²) < 4.78 is 0. The number of nitrogens with zero attached hydrogens (tertiary/aromatic N) is 1. The van der Waals surface area contributed by atoms with E-state index in [1.54, 1.807) is 12.5 Å². The van der Waals surface area contributed by atoms with Gasteiger partial charge in [0.15, 0.2) is 0 Å². The maximum Gasteiger partial charge on any atom is 0.0699 e. The van der Waals surface area contributed by atoms with E-state index < -0.39 is 0 Å². The SMILES string of the molecule is [CH2-]c1cnc[nH]1.[Y]. The molecule has 2 nitrogen and oxygen atoms in total. The number of hydrogen-bond donors (Lipinski definition) is 1. The van der Waals surface area contributed by atoms with Crippen molar-refractivity contribution in [3.8, 4) is 0 Å². The fraction of sp³-hybridized carbons (Fsp3) is 0. The van der Waals surface area contributed by atoms with Gasteiger partial charge in [0.2, 0.25) is 0 Å². The van der Waals surface area contributed by atoms with Crippen molar-refractivity contribution in [3.63, 3.8) is 0 Å². The average Bonchev–Trinajstić information content (AvgIpc) is 1.86. The molecule has 7 heavy (non-hydrogen) atoms. The van der Waals surface area contributed by atoms with Crippen molar-refractivity contribution >= 4 is 0 Å². The smallest absolute Gasteiger partial charge is 0.0699 e. The second-order valence-electron chi connectivity index (χ2n) is 1.08. The van der Waals surface area contributed by atoms with Gasteiger partial charge < -0.3 is 9.97 Å². The van der Waals surface area contributed by atoms with Crippen LogP contribution in [0.4, 0.5) is 0 Å². The molecule has 0 aliphatic heterocycles. The number of hydrogen-bond acceptors (Lipinski definition) is 1. The van der Waals surface area contributed by atoms with Crippen LogP contribution in [0.5, 0.6) is 0 Å². The van der Waals surface area contributed by atoms with Crippen LogP contribution in [-0.2, 0) is 32.7 Å². The van der Waals surface area contributed by atoms with E-state index in [1.807, 2.05) is 0 Å². The molecule has 0 aromatic carbocycles. The molecule has 0 saturated carbocycles. The molecular weight excluding hydrogens is 165 g/mol. The average molecular weight is 170 g/mol. The van der Waals surface area contributed by atoms with E-state index in [0.29, 0.717) is 0 Å². The van der Waals surface area contributed by atoms with Crippen molar-refractivity contribution in [2.45, 2.75) is 0 Å². The molecule has 1 radical (unpaired) electrons. The van der Waals surface area contributed by atoms with Gasteiger partial charge >= 0.3 is 0 Å². The van der Waals surface area contributed by atoms with E-state index in [9.17, 15) is 0 Å². The standard InChI is InChI=1S/C4H5N2.Y/c1-4-2-5-3-6-4;/h2-3H,1H2,(H,5,6);/q-1;. The second kappa shape index (κ2) is 3.22. The molecule has 0 atom stereocenters. The molecule has 1 aromatic heterocycles. The first kappa shape index (κ1) is 7.18. The molecule has 1 aromatic rings. The normalized spacial score (nSPS) is 7.43. The van der Waals surface area contributed by atoms with E-state index in [1.165, 1.54) is 0 Å². The first-order chi connectivity index (χ1) is 2.89. The Hall–Kier alpha value is 0.184. The Morgan fingerprint density at radius 3 is 2.57 bits per heavy atom. The molecule has 1 heterocycles. The minimum atomic E-state index is 0. The minimum absolute atomic E-state index is 0. The van der Waals surface area contributed by atoms with E-state index in [4.69, 9.17) is 0 Å². The van der Waals surface area contributed by atoms with Gasteiger partial charge in [-0.3, -0.25) is 0 Å². The molecule has 0 aliphatic carbocycles. The molecule has 0 unspecified atom stereocenters. The number of H-pyrrole nitrogens is 1. The third-order valence-electron chi connectivity index (χ3n) is 0.555. The monoisotopic (exact) mass is 170 g/mol. The molecule has 1 rings (SSSR count). The van der Waals surface area contributed by atoms with Crippen LogP contribution in [0.25, 0.3) is 0 Å². The predicted molar refractivity (Wildman–Crippen MR) is 23.0 cm³/mol. The van der Waals surface area contributed by atoms with Gasteiger partial charge in [-0.05, 0) is 0 Å². The molecular formula is C4H5N2Y-. The number of aromatic nitrogens is 2. The van der Waals surface area contributed by atoms with Crippen LogP contribution in [0.15, 0.2) is 12.5 Å². The quantitative estimate of drug-likeness (QED) is 0.567. The van der Waals surface area contributed by atoms with Crippen molar-refractivity contribution < 1.29 is 32.7 Å². The van der Waals surface area contributed by atoms with Crippen LogP contribution in [0.3, 0.4) is 0 Å². The Kier molecular flexibility index (Phi) is 3.30. The summed E-state index contributed by atoms with van der Waals surface area (Å²) in [5.41, 5.74) is 0.856. The van der Waals surface area contributed by atoms with Crippen molar-refractivity contribution in [2.75, 3.05) is 0 Å². The Morgan fingerprint density at radius 2 is 2.43 bits per heavy atom. The molecule has 0 bridgehead atoms. The summed E-state index contributed by atoms with van der Waals surface area (Å²) in [6, 6.07) is 0. The molecule has 0 amide bonds. The number of imidazole rings is 1. The Balaban J connectivity index is 0.000000360. The van der Waals surface area contributed by atoms with Crippen LogP contribution in [-0.4, -0.2) is 9.97 Å². The van der Waals surface area contributed by atoms with Gasteiger partial charge in [0.05, 0.1) is 6.33 Å². The van der Waals surface area contributed by atoms with E-state index in [0.717, 1.165) is 5.69 Å². The minimum Gasteiger partial charge on any atom is -0.381 e. The van der Waals surface area contributed by atoms with Crippen molar-refractivity contribution in [2.24, 2.45) is 0 Å². The summed E-state index contributed by atoms with van der Waals surface area (Å²) in [5.74, 6) is 0. The summed E-state index contributed by atoms with van der Waals surface area (Å²) in [7, 11) is 0. The fourth-order valence-electron chi connectivity index (χ4n) is 0.285. The number of aromatic amines is 1. The second-order valence-corrected chi connectivity index (χ2v) is 1.08. The summed E-state index contributed by atoms with van der Waals surface area (Å²) in [4.78, 5) is 6.48. The third kappa shape index (κ3) is 2.10. The van der Waals surface area contributed by atoms with Gasteiger partial charge in [-0.2, -0.15) is 0 Å². The molecule has 0 aliphatic rings. The zero-order valence-electron chi connectivity index (χ0n) is 3.89. The van der Waals surface area contributed by atoms with Crippen molar-refractivity contribution in [1.29, 1.82) is 0 Å². The zero-order chi connectivity index (χ0) is 4.41. The fourth-order valence-corrected chi connectivity index (χ4v) is 0.285. The molecule has 0 saturated heterocycles. The number of rotatable bonds is 0. The van der Waals surface area contributed by atoms with Gasteiger partial charge in [0.1, 0.15) is 0 Å². The third-order valence-corrected chi connectivity index (χ3v) is 0.555. The molecule has 3 heteroatoms. The van der Waals surface area contributed by atoms with Crippen LogP contribution < -0.4 is 0 Å². The van der Waals surface area contributed by atoms with Crippen molar-refractivity contribution in [1.82, 2.24) is 9.97 Å². The first-order valence-corrected chi connectivity index (χ1v) is 1.70. The molecule has 1 N–H and O–H groups in total. The maximum absolute atomic E-state index is 3.70. The number of nitrogens with one attached hydrogen (secondary N) is 1. The van der Waals surface area contributed by atoms with Crippen LogP contribution in [0.2, 0.25) is 0 Å². The van der Waals surface area contributed by atoms with Gasteiger partial charge in [0.25, 0.3) is 0 Å². The van der Waals surface area contributed by atoms with E-state index >= 15 is 0 Å². The summed E-state index contributed by atoms with van der Waals surface area (Å²) in [6.45, 7) is 3.56. The Morgan fingerprint density at radius 1 is 1.71 bits per heavy atom. The van der Waals surface area contributed by atoms with Crippen LogP contribution in [0, 0.1) is 6.92 Å². The predicted octanol–water partition coefficient (Wildman–Crippen LogP) is 0.589. The van der Waals surface area contributed by atoms with Gasteiger partial charge in [-0.25, -0.2) is 6.92 Å². The van der Waals surface area contributed by atoms with Crippen LogP contribution in [0.1, 0.15) is 5.69 Å². The van der Waals surface area contributed by atoms with Gasteiger partial charge in [-0.15, -0.1) is 5.69 Å². The van der Waals surface area contributed by atoms with Gasteiger partial charge in [0, 0.05) is 32.7 Å². The van der Waals surface area contributed by atoms with Crippen molar-refractivity contribution in [3.05, 3.63) is 25.1 Å². The largest absolute Gasteiger partial charge is 0.381 e. The van der Waals surface area contributed by atoms with Gasteiger partial charge in [-0.1, -0.05) is 6.20 Å². The summed E-state index contributed by atoms with van der Waals surface area (Å²) >= 11 is 0. The Bertz CT molecular complexity index is 113. The zero-order valence-corrected chi connectivity index (χ0v) is 6.72. The topological polar surface area (TPSA) is 28.7 Å². The van der Waals surface area contributed by atoms with E-state index in [2.05, 4.69) is 16.9 Å². The molecule has 0 fully saturated rings. The molecule has 0 spiro atoms. The summed E-state index contributed by atoms with van der Waals surface area (Å²) in [5, 5.41) is 0. The van der Waals surface area contributed by atoms with Crippen LogP contribution >= 0.6 is 0 Å². The maximum atomic E-state index is 3.70. The first-order valence-electron chi connectivity index (χ1n) is 1.70. The van der Waals surface area contributed by atoms with E-state index in [-0.39, 0.29) is 32.7 Å².